The van der Waals surface area contributed by atoms with Crippen molar-refractivity contribution in [3.05, 3.63) is 135 Å². The first-order chi connectivity index (χ1) is 32.2. The highest BCUT2D eigenvalue weighted by atomic mass is 32.1. The highest BCUT2D eigenvalue weighted by Gasteiger charge is 2.44. The minimum Gasteiger partial charge on any atom is -0.508 e. The molecular formula is C54H67N5O7S. The molecule has 6 rings (SSSR count). The Morgan fingerprint density at radius 2 is 1.55 bits per heavy atom. The third kappa shape index (κ3) is 14.2. The summed E-state index contributed by atoms with van der Waals surface area (Å²) in [6.07, 6.45) is 10.6. The molecule has 13 heteroatoms. The molecule has 67 heavy (non-hydrogen) atoms. The van der Waals surface area contributed by atoms with Gasteiger partial charge in [0.1, 0.15) is 30.2 Å². The van der Waals surface area contributed by atoms with Crippen molar-refractivity contribution in [1.82, 2.24) is 25.8 Å². The normalized spacial score (nSPS) is 17.9. The van der Waals surface area contributed by atoms with E-state index in [-0.39, 0.29) is 54.7 Å². The van der Waals surface area contributed by atoms with E-state index >= 15 is 0 Å². The summed E-state index contributed by atoms with van der Waals surface area (Å²) in [7, 11) is 0. The Hall–Kier alpha value is -6.05. The van der Waals surface area contributed by atoms with Crippen LogP contribution in [0.1, 0.15) is 119 Å². The number of carbonyl (C=O) groups is 4. The van der Waals surface area contributed by atoms with Crippen molar-refractivity contribution < 1.29 is 34.1 Å². The molecule has 1 unspecified atom stereocenters. The number of carbonyl (C=O) groups excluding carboxylic acids is 4. The zero-order valence-electron chi connectivity index (χ0n) is 39.6. The number of aliphatic hydroxyl groups excluding tert-OH is 1. The summed E-state index contributed by atoms with van der Waals surface area (Å²) < 4.78 is 5.96. The standard InChI is InChI=1S/C54H67N5O7S/c1-6-45(38-14-10-9-11-15-38)49(39-22-26-42(60)27-23-39)40-24-28-44(29-25-40)66-31-30-55-47(62)16-12-7-8-13-17-48(63)58-51(54(3,4)5)53(65)59-34-43(61)32-46(59)52(64)56-33-37-18-20-41(21-19-37)50-36(2)57-35-67-50/h9-11,14-15,18-20,22-29,35,41,43,46,51,60-61H,6-8,12-13,16-17,21,30-34H2,1-5H3,(H,55,62)(H,56,64)(H,58,63)/b49-45-/t41?,43-,46+,51-/m1/s1. The fourth-order valence-electron chi connectivity index (χ4n) is 8.72. The first-order valence-electron chi connectivity index (χ1n) is 23.6. The van der Waals surface area contributed by atoms with Gasteiger partial charge in [0.25, 0.3) is 0 Å². The van der Waals surface area contributed by atoms with Gasteiger partial charge in [-0.1, -0.05) is 113 Å². The Balaban J connectivity index is 0.883. The number of aromatic nitrogens is 1. The molecule has 4 amide bonds. The molecule has 0 spiro atoms. The van der Waals surface area contributed by atoms with E-state index < -0.39 is 23.6 Å². The maximum Gasteiger partial charge on any atom is 0.246 e. The van der Waals surface area contributed by atoms with E-state index in [2.05, 4.69) is 52.1 Å². The summed E-state index contributed by atoms with van der Waals surface area (Å²) >= 11 is 1.64. The molecule has 0 saturated carbocycles. The van der Waals surface area contributed by atoms with Crippen LogP contribution in [0.3, 0.4) is 0 Å². The summed E-state index contributed by atoms with van der Waals surface area (Å²) in [5, 5.41) is 29.4. The minimum absolute atomic E-state index is 0.0184. The van der Waals surface area contributed by atoms with Crippen molar-refractivity contribution in [2.75, 3.05) is 26.2 Å². The van der Waals surface area contributed by atoms with Crippen LogP contribution in [0.5, 0.6) is 11.5 Å². The van der Waals surface area contributed by atoms with Gasteiger partial charge in [0.05, 0.1) is 23.9 Å². The van der Waals surface area contributed by atoms with E-state index in [1.54, 1.807) is 23.5 Å². The van der Waals surface area contributed by atoms with Gasteiger partial charge < -0.3 is 35.8 Å². The lowest BCUT2D eigenvalue weighted by atomic mass is 9.85. The van der Waals surface area contributed by atoms with E-state index in [4.69, 9.17) is 4.74 Å². The zero-order chi connectivity index (χ0) is 47.9. The monoisotopic (exact) mass is 929 g/mol. The van der Waals surface area contributed by atoms with E-state index in [0.29, 0.717) is 44.7 Å². The number of phenols is 1. The maximum atomic E-state index is 14.0. The lowest BCUT2D eigenvalue weighted by Crippen LogP contribution is -2.57. The molecule has 4 atom stereocenters. The zero-order valence-corrected chi connectivity index (χ0v) is 40.4. The molecule has 12 nitrogen and oxygen atoms in total. The summed E-state index contributed by atoms with van der Waals surface area (Å²) in [5.41, 5.74) is 8.70. The molecule has 356 valence electrons. The summed E-state index contributed by atoms with van der Waals surface area (Å²) in [6, 6.07) is 23.8. The molecule has 1 fully saturated rings. The summed E-state index contributed by atoms with van der Waals surface area (Å²) in [5.74, 6) is 0.154. The second kappa shape index (κ2) is 24.1. The number of nitrogens with one attached hydrogen (secondary N) is 3. The summed E-state index contributed by atoms with van der Waals surface area (Å²) in [6.45, 7) is 10.8. The van der Waals surface area contributed by atoms with Crippen LogP contribution in [0.25, 0.3) is 11.1 Å². The number of hydrogen-bond donors (Lipinski definition) is 5. The van der Waals surface area contributed by atoms with E-state index in [9.17, 15) is 29.4 Å². The number of aromatic hydroxyl groups is 1. The molecule has 5 N–H and O–H groups in total. The number of thiazole rings is 1. The number of unbranched alkanes of at least 4 members (excludes halogenated alkanes) is 3. The van der Waals surface area contributed by atoms with Gasteiger partial charge in [0.2, 0.25) is 23.6 Å². The van der Waals surface area contributed by atoms with Gasteiger partial charge in [0, 0.05) is 43.1 Å². The predicted molar refractivity (Wildman–Crippen MR) is 265 cm³/mol. The van der Waals surface area contributed by atoms with Crippen LogP contribution in [0.2, 0.25) is 0 Å². The van der Waals surface area contributed by atoms with Gasteiger partial charge in [-0.25, -0.2) is 4.98 Å². The molecule has 1 aromatic heterocycles. The number of β-amino-alcohol motifs (C(OH)–C–C–N with tert-alkyl or cyclic N) is 1. The van der Waals surface area contributed by atoms with Crippen LogP contribution < -0.4 is 20.7 Å². The SMILES string of the molecule is CC/C(=C(\c1ccc(O)cc1)c1ccc(OCCNC(=O)CCCCCCC(=O)N[C@H](C(=O)N2C[C@H](O)C[C@H]2C(=O)NCC2=CCC(c3scnc3C)C=C2)C(C)(C)C)cc1)c1ccccc1. The third-order valence-corrected chi connectivity index (χ3v) is 13.4. The van der Waals surface area contributed by atoms with Crippen molar-refractivity contribution in [3.8, 4) is 11.5 Å². The molecule has 3 aromatic carbocycles. The maximum absolute atomic E-state index is 14.0. The number of amides is 4. The van der Waals surface area contributed by atoms with Crippen LogP contribution >= 0.6 is 11.3 Å². The second-order valence-corrected chi connectivity index (χ2v) is 19.4. The highest BCUT2D eigenvalue weighted by Crippen LogP contribution is 2.36. The van der Waals surface area contributed by atoms with E-state index in [0.717, 1.165) is 59.2 Å². The number of ether oxygens (including phenoxy) is 1. The number of likely N-dealkylation sites (tertiary alicyclic amines) is 1. The van der Waals surface area contributed by atoms with E-state index in [1.807, 2.05) is 93.9 Å². The fraction of sp³-hybridized carbons (Fsp3) is 0.426. The Morgan fingerprint density at radius 3 is 2.16 bits per heavy atom. The van der Waals surface area contributed by atoms with Crippen LogP contribution in [0.4, 0.5) is 0 Å². The highest BCUT2D eigenvalue weighted by molar-refractivity contribution is 7.09. The van der Waals surface area contributed by atoms with Crippen LogP contribution in [-0.2, 0) is 19.2 Å². The van der Waals surface area contributed by atoms with Gasteiger partial charge in [-0.2, -0.15) is 0 Å². The molecular weight excluding hydrogens is 863 g/mol. The van der Waals surface area contributed by atoms with Crippen molar-refractivity contribution in [3.63, 3.8) is 0 Å². The predicted octanol–water partition coefficient (Wildman–Crippen LogP) is 8.64. The van der Waals surface area contributed by atoms with Crippen molar-refractivity contribution in [1.29, 1.82) is 0 Å². The number of aliphatic hydroxyl groups is 1. The second-order valence-electron chi connectivity index (χ2n) is 18.5. The molecule has 2 aliphatic rings. The molecule has 1 aliphatic heterocycles. The topological polar surface area (TPSA) is 170 Å². The Kier molecular flexibility index (Phi) is 18.1. The number of nitrogens with zero attached hydrogens (tertiary/aromatic N) is 2. The minimum atomic E-state index is -0.885. The van der Waals surface area contributed by atoms with Gasteiger partial charge in [-0.3, -0.25) is 19.2 Å². The number of aryl methyl sites for hydroxylation is 1. The lowest BCUT2D eigenvalue weighted by molar-refractivity contribution is -0.144. The molecule has 1 aliphatic carbocycles. The first-order valence-corrected chi connectivity index (χ1v) is 24.5. The third-order valence-electron chi connectivity index (χ3n) is 12.4. The summed E-state index contributed by atoms with van der Waals surface area (Å²) in [4.78, 5) is 60.2. The number of phenolic OH excluding ortho intramolecular Hbond substituents is 1. The first kappa shape index (κ1) is 50.4. The Labute approximate surface area is 399 Å². The molecule has 4 aromatic rings. The van der Waals surface area contributed by atoms with Crippen molar-refractivity contribution in [2.24, 2.45) is 5.41 Å². The van der Waals surface area contributed by atoms with Crippen LogP contribution in [0.15, 0.2) is 108 Å². The van der Waals surface area contributed by atoms with Gasteiger partial charge in [-0.15, -0.1) is 11.3 Å². The average molecular weight is 930 g/mol. The van der Waals surface area contributed by atoms with Gasteiger partial charge in [-0.05, 0) is 95.7 Å². The molecule has 0 bridgehead atoms. The van der Waals surface area contributed by atoms with Crippen molar-refractivity contribution >= 4 is 46.1 Å². The number of hydrogen-bond acceptors (Lipinski definition) is 9. The molecule has 0 radical (unpaired) electrons. The number of rotatable bonds is 21. The number of allylic oxidation sites excluding steroid dienone is 3. The van der Waals surface area contributed by atoms with Crippen molar-refractivity contribution in [2.45, 2.75) is 117 Å². The number of benzene rings is 3. The van der Waals surface area contributed by atoms with Gasteiger partial charge in [0.15, 0.2) is 0 Å². The smallest absolute Gasteiger partial charge is 0.246 e. The quantitative estimate of drug-likeness (QED) is 0.0409. The Bertz CT molecular complexity index is 2380. The molecule has 1 saturated heterocycles. The van der Waals surface area contributed by atoms with Crippen LogP contribution in [-0.4, -0.2) is 88.2 Å². The molecule has 2 heterocycles. The lowest BCUT2D eigenvalue weighted by Gasteiger charge is -2.35. The van der Waals surface area contributed by atoms with Gasteiger partial charge >= 0.3 is 0 Å². The Morgan fingerprint density at radius 1 is 0.881 bits per heavy atom. The van der Waals surface area contributed by atoms with E-state index in [1.165, 1.54) is 15.4 Å². The fourth-order valence-corrected chi connectivity index (χ4v) is 9.61. The van der Waals surface area contributed by atoms with Crippen LogP contribution in [0, 0.1) is 12.3 Å². The average Bonchev–Trinajstić information content (AvgIpc) is 3.94. The largest absolute Gasteiger partial charge is 0.508 e.